The number of rotatable bonds is 7. The molecule has 2 heterocycles. The highest BCUT2D eigenvalue weighted by Gasteiger charge is 2.05. The van der Waals surface area contributed by atoms with Crippen LogP contribution in [0.5, 0.6) is 0 Å². The second-order valence-electron chi connectivity index (χ2n) is 5.82. The lowest BCUT2D eigenvalue weighted by Crippen LogP contribution is -2.38. The van der Waals surface area contributed by atoms with Gasteiger partial charge in [0.1, 0.15) is 11.6 Å². The molecule has 0 atom stereocenters. The molecule has 0 aliphatic carbocycles. The standard InChI is InChI=1S/C19H23FN6/c1-2-21-19(22-12-10-15-7-3-4-8-16(15)20)23-13-11-18-25-24-17-9-5-6-14-26(17)18/h3-9,14H,2,10-13H2,1H3,(H2,21,22,23). The molecular weight excluding hydrogens is 331 g/mol. The predicted molar refractivity (Wildman–Crippen MR) is 101 cm³/mol. The van der Waals surface area contributed by atoms with Crippen molar-refractivity contribution in [2.75, 3.05) is 19.6 Å². The van der Waals surface area contributed by atoms with Crippen LogP contribution in [0.1, 0.15) is 18.3 Å². The molecule has 0 saturated carbocycles. The van der Waals surface area contributed by atoms with Gasteiger partial charge in [0.25, 0.3) is 0 Å². The van der Waals surface area contributed by atoms with Gasteiger partial charge in [-0.15, -0.1) is 10.2 Å². The van der Waals surface area contributed by atoms with Gasteiger partial charge in [-0.1, -0.05) is 24.3 Å². The summed E-state index contributed by atoms with van der Waals surface area (Å²) in [5, 5.41) is 14.8. The van der Waals surface area contributed by atoms with Crippen LogP contribution < -0.4 is 10.6 Å². The Bertz CT molecular complexity index is 873. The van der Waals surface area contributed by atoms with Crippen LogP contribution in [0.2, 0.25) is 0 Å². The lowest BCUT2D eigenvalue weighted by Gasteiger charge is -2.11. The van der Waals surface area contributed by atoms with Crippen LogP contribution in [0.25, 0.3) is 5.65 Å². The second kappa shape index (κ2) is 8.94. The van der Waals surface area contributed by atoms with E-state index >= 15 is 0 Å². The first-order valence-electron chi connectivity index (χ1n) is 8.82. The van der Waals surface area contributed by atoms with Gasteiger partial charge in [-0.3, -0.25) is 9.39 Å². The van der Waals surface area contributed by atoms with Gasteiger partial charge in [0.15, 0.2) is 11.6 Å². The van der Waals surface area contributed by atoms with E-state index < -0.39 is 0 Å². The van der Waals surface area contributed by atoms with Crippen molar-refractivity contribution in [3.8, 4) is 0 Å². The second-order valence-corrected chi connectivity index (χ2v) is 5.82. The van der Waals surface area contributed by atoms with Gasteiger partial charge in [0.05, 0.1) is 0 Å². The summed E-state index contributed by atoms with van der Waals surface area (Å²) in [6.07, 6.45) is 3.24. The fourth-order valence-corrected chi connectivity index (χ4v) is 2.69. The Morgan fingerprint density at radius 1 is 1.08 bits per heavy atom. The zero-order valence-electron chi connectivity index (χ0n) is 14.8. The Morgan fingerprint density at radius 3 is 2.77 bits per heavy atom. The maximum absolute atomic E-state index is 13.7. The first kappa shape index (κ1) is 17.8. The van der Waals surface area contributed by atoms with Gasteiger partial charge in [-0.25, -0.2) is 4.39 Å². The molecule has 0 bridgehead atoms. The third-order valence-corrected chi connectivity index (χ3v) is 3.98. The average molecular weight is 354 g/mol. The van der Waals surface area contributed by atoms with E-state index in [1.807, 2.05) is 41.8 Å². The molecule has 3 rings (SSSR count). The van der Waals surface area contributed by atoms with Crippen molar-refractivity contribution in [3.63, 3.8) is 0 Å². The molecule has 136 valence electrons. The molecule has 0 amide bonds. The molecular formula is C19H23FN6. The molecule has 2 aromatic heterocycles. The number of fused-ring (bicyclic) bond motifs is 1. The fourth-order valence-electron chi connectivity index (χ4n) is 2.69. The number of nitrogens with zero attached hydrogens (tertiary/aromatic N) is 4. The van der Waals surface area contributed by atoms with Crippen LogP contribution in [0.15, 0.2) is 53.7 Å². The van der Waals surface area contributed by atoms with Crippen LogP contribution in [-0.4, -0.2) is 40.2 Å². The van der Waals surface area contributed by atoms with E-state index in [1.165, 1.54) is 6.07 Å². The SMILES string of the molecule is CCNC(=NCCc1nnc2ccccn12)NCCc1ccccc1F. The van der Waals surface area contributed by atoms with Crippen molar-refractivity contribution in [2.24, 2.45) is 4.99 Å². The van der Waals surface area contributed by atoms with Crippen LogP contribution in [-0.2, 0) is 12.8 Å². The van der Waals surface area contributed by atoms with Gasteiger partial charge in [-0.2, -0.15) is 0 Å². The molecule has 3 aromatic rings. The Balaban J connectivity index is 1.54. The summed E-state index contributed by atoms with van der Waals surface area (Å²) in [5.74, 6) is 1.43. The summed E-state index contributed by atoms with van der Waals surface area (Å²) < 4.78 is 15.6. The average Bonchev–Trinajstić information content (AvgIpc) is 3.07. The summed E-state index contributed by atoms with van der Waals surface area (Å²) in [5.41, 5.74) is 1.53. The monoisotopic (exact) mass is 354 g/mol. The van der Waals surface area contributed by atoms with E-state index in [9.17, 15) is 4.39 Å². The number of aliphatic imine (C=N–C) groups is 1. The number of guanidine groups is 1. The Kier molecular flexibility index (Phi) is 6.14. The molecule has 0 saturated heterocycles. The minimum absolute atomic E-state index is 0.171. The Morgan fingerprint density at radius 2 is 1.92 bits per heavy atom. The van der Waals surface area contributed by atoms with Gasteiger partial charge in [0, 0.05) is 32.3 Å². The molecule has 2 N–H and O–H groups in total. The van der Waals surface area contributed by atoms with E-state index in [1.54, 1.807) is 12.1 Å². The number of aromatic nitrogens is 3. The van der Waals surface area contributed by atoms with Crippen LogP contribution in [0, 0.1) is 5.82 Å². The molecule has 26 heavy (non-hydrogen) atoms. The lowest BCUT2D eigenvalue weighted by molar-refractivity contribution is 0.606. The van der Waals surface area contributed by atoms with Crippen LogP contribution >= 0.6 is 0 Å². The van der Waals surface area contributed by atoms with Gasteiger partial charge in [0.2, 0.25) is 0 Å². The van der Waals surface area contributed by atoms with E-state index in [2.05, 4.69) is 25.8 Å². The van der Waals surface area contributed by atoms with Gasteiger partial charge >= 0.3 is 0 Å². The number of benzene rings is 1. The first-order chi connectivity index (χ1) is 12.8. The topological polar surface area (TPSA) is 66.6 Å². The highest BCUT2D eigenvalue weighted by Crippen LogP contribution is 2.06. The Labute approximate surface area is 152 Å². The van der Waals surface area contributed by atoms with Gasteiger partial charge < -0.3 is 10.6 Å². The maximum Gasteiger partial charge on any atom is 0.191 e. The summed E-state index contributed by atoms with van der Waals surface area (Å²) in [4.78, 5) is 4.57. The molecule has 0 radical (unpaired) electrons. The summed E-state index contributed by atoms with van der Waals surface area (Å²) in [6, 6.07) is 12.7. The highest BCUT2D eigenvalue weighted by atomic mass is 19.1. The minimum atomic E-state index is -0.171. The van der Waals surface area contributed by atoms with Crippen molar-refractivity contribution in [3.05, 3.63) is 65.9 Å². The zero-order valence-corrected chi connectivity index (χ0v) is 14.8. The molecule has 1 aromatic carbocycles. The van der Waals surface area contributed by atoms with E-state index in [0.717, 1.165) is 24.0 Å². The predicted octanol–water partition coefficient (Wildman–Crippen LogP) is 2.21. The van der Waals surface area contributed by atoms with Crippen molar-refractivity contribution < 1.29 is 4.39 Å². The number of pyridine rings is 1. The minimum Gasteiger partial charge on any atom is -0.357 e. The molecule has 0 aliphatic heterocycles. The zero-order chi connectivity index (χ0) is 18.2. The maximum atomic E-state index is 13.7. The van der Waals surface area contributed by atoms with E-state index in [0.29, 0.717) is 31.5 Å². The van der Waals surface area contributed by atoms with E-state index in [4.69, 9.17) is 0 Å². The molecule has 6 nitrogen and oxygen atoms in total. The smallest absolute Gasteiger partial charge is 0.191 e. The molecule has 0 aliphatic rings. The fraction of sp³-hybridized carbons (Fsp3) is 0.316. The summed E-state index contributed by atoms with van der Waals surface area (Å²) in [6.45, 7) is 3.98. The van der Waals surface area contributed by atoms with Crippen molar-refractivity contribution in [1.29, 1.82) is 0 Å². The number of hydrogen-bond acceptors (Lipinski definition) is 3. The quantitative estimate of drug-likeness (QED) is 0.504. The molecule has 0 fully saturated rings. The van der Waals surface area contributed by atoms with E-state index in [-0.39, 0.29) is 5.82 Å². The summed E-state index contributed by atoms with van der Waals surface area (Å²) >= 11 is 0. The first-order valence-corrected chi connectivity index (χ1v) is 8.82. The van der Waals surface area contributed by atoms with Crippen LogP contribution in [0.4, 0.5) is 4.39 Å². The highest BCUT2D eigenvalue weighted by molar-refractivity contribution is 5.79. The normalized spacial score (nSPS) is 11.7. The Hall–Kier alpha value is -2.96. The van der Waals surface area contributed by atoms with Crippen LogP contribution in [0.3, 0.4) is 0 Å². The third kappa shape index (κ3) is 4.56. The number of nitrogens with one attached hydrogen (secondary N) is 2. The third-order valence-electron chi connectivity index (χ3n) is 3.98. The number of halogens is 1. The summed E-state index contributed by atoms with van der Waals surface area (Å²) in [7, 11) is 0. The lowest BCUT2D eigenvalue weighted by atomic mass is 10.1. The van der Waals surface area contributed by atoms with Crippen molar-refractivity contribution >= 4 is 11.6 Å². The molecule has 0 spiro atoms. The van der Waals surface area contributed by atoms with Gasteiger partial charge in [-0.05, 0) is 37.1 Å². The van der Waals surface area contributed by atoms with Crippen molar-refractivity contribution in [1.82, 2.24) is 25.2 Å². The number of hydrogen-bond donors (Lipinski definition) is 2. The molecule has 0 unspecified atom stereocenters. The largest absolute Gasteiger partial charge is 0.357 e. The molecule has 7 heteroatoms. The van der Waals surface area contributed by atoms with Crippen molar-refractivity contribution in [2.45, 2.75) is 19.8 Å².